The maximum absolute atomic E-state index is 10.4. The fourth-order valence-corrected chi connectivity index (χ4v) is 1.37. The summed E-state index contributed by atoms with van der Waals surface area (Å²) in [7, 11) is 0. The molecule has 13 heavy (non-hydrogen) atoms. The van der Waals surface area contributed by atoms with Gasteiger partial charge in [0.05, 0.1) is 0 Å². The first kappa shape index (κ1) is 12.4. The number of nitro groups is 1. The van der Waals surface area contributed by atoms with Crippen molar-refractivity contribution in [2.24, 2.45) is 0 Å². The Hall–Kier alpha value is -0.600. The van der Waals surface area contributed by atoms with E-state index in [9.17, 15) is 10.1 Å². The van der Waals surface area contributed by atoms with Gasteiger partial charge in [0.1, 0.15) is 0 Å². The van der Waals surface area contributed by atoms with E-state index in [1.165, 1.54) is 0 Å². The van der Waals surface area contributed by atoms with Gasteiger partial charge in [0.25, 0.3) is 0 Å². The molecule has 0 heterocycles. The van der Waals surface area contributed by atoms with E-state index in [1.807, 2.05) is 6.92 Å². The third-order valence-electron chi connectivity index (χ3n) is 2.31. The van der Waals surface area contributed by atoms with Crippen LogP contribution in [-0.4, -0.2) is 11.0 Å². The fraction of sp³-hybridized carbons (Fsp3) is 0.900. The molecule has 0 amide bonds. The molecule has 0 aromatic rings. The third kappa shape index (κ3) is 6.55. The van der Waals surface area contributed by atoms with E-state index in [2.05, 4.69) is 6.92 Å². The van der Waals surface area contributed by atoms with Crippen molar-refractivity contribution >= 4 is 0 Å². The lowest BCUT2D eigenvalue weighted by Gasteiger charge is -2.05. The molecule has 1 unspecified atom stereocenters. The van der Waals surface area contributed by atoms with Crippen molar-refractivity contribution in [2.45, 2.75) is 57.9 Å². The van der Waals surface area contributed by atoms with Crippen molar-refractivity contribution in [1.29, 1.82) is 0 Å². The third-order valence-corrected chi connectivity index (χ3v) is 2.31. The van der Waals surface area contributed by atoms with Crippen LogP contribution in [0.15, 0.2) is 0 Å². The summed E-state index contributed by atoms with van der Waals surface area (Å²) in [6, 6.07) is -0.320. The van der Waals surface area contributed by atoms with E-state index >= 15 is 0 Å². The zero-order valence-electron chi connectivity index (χ0n) is 8.50. The molecule has 0 spiro atoms. The molecule has 3 nitrogen and oxygen atoms in total. The van der Waals surface area contributed by atoms with Crippen LogP contribution in [0.4, 0.5) is 0 Å². The zero-order chi connectivity index (χ0) is 10.1. The molecule has 0 rings (SSSR count). The van der Waals surface area contributed by atoms with Crippen LogP contribution in [0.3, 0.4) is 0 Å². The molecule has 3 heteroatoms. The summed E-state index contributed by atoms with van der Waals surface area (Å²) in [6.45, 7) is 5.63. The lowest BCUT2D eigenvalue weighted by Crippen LogP contribution is -2.17. The second-order valence-corrected chi connectivity index (χ2v) is 3.40. The lowest BCUT2D eigenvalue weighted by molar-refractivity contribution is -0.523. The van der Waals surface area contributed by atoms with E-state index in [4.69, 9.17) is 0 Å². The van der Waals surface area contributed by atoms with Gasteiger partial charge in [-0.2, -0.15) is 0 Å². The lowest BCUT2D eigenvalue weighted by atomic mass is 10.1. The van der Waals surface area contributed by atoms with Crippen LogP contribution in [-0.2, 0) is 0 Å². The minimum atomic E-state index is -0.320. The van der Waals surface area contributed by atoms with E-state index in [1.54, 1.807) is 0 Å². The summed E-state index contributed by atoms with van der Waals surface area (Å²) in [5.41, 5.74) is 0. The summed E-state index contributed by atoms with van der Waals surface area (Å²) >= 11 is 0. The van der Waals surface area contributed by atoms with Crippen LogP contribution in [0.25, 0.3) is 0 Å². The molecule has 0 aromatic heterocycles. The molecular formula is C10H20NO2. The van der Waals surface area contributed by atoms with Crippen LogP contribution in [0.1, 0.15) is 51.9 Å². The molecule has 0 fully saturated rings. The van der Waals surface area contributed by atoms with Crippen molar-refractivity contribution in [3.63, 3.8) is 0 Å². The van der Waals surface area contributed by atoms with Crippen LogP contribution in [0.5, 0.6) is 0 Å². The fourth-order valence-electron chi connectivity index (χ4n) is 1.37. The maximum atomic E-state index is 10.4. The summed E-state index contributed by atoms with van der Waals surface area (Å²) in [6.07, 6.45) is 6.78. The van der Waals surface area contributed by atoms with Gasteiger partial charge in [-0.25, -0.2) is 0 Å². The normalized spacial score (nSPS) is 12.8. The van der Waals surface area contributed by atoms with Gasteiger partial charge in [-0.3, -0.25) is 10.1 Å². The summed E-state index contributed by atoms with van der Waals surface area (Å²) < 4.78 is 0. The van der Waals surface area contributed by atoms with Crippen molar-refractivity contribution in [2.75, 3.05) is 0 Å². The number of hydrogen-bond acceptors (Lipinski definition) is 2. The Morgan fingerprint density at radius 2 is 1.92 bits per heavy atom. The first-order valence-electron chi connectivity index (χ1n) is 5.15. The van der Waals surface area contributed by atoms with Gasteiger partial charge in [0.2, 0.25) is 6.04 Å². The van der Waals surface area contributed by atoms with Gasteiger partial charge >= 0.3 is 0 Å². The summed E-state index contributed by atoms with van der Waals surface area (Å²) in [5, 5.41) is 10.4. The minimum Gasteiger partial charge on any atom is -0.264 e. The van der Waals surface area contributed by atoms with Crippen molar-refractivity contribution in [3.05, 3.63) is 17.0 Å². The Bertz CT molecular complexity index is 137. The minimum absolute atomic E-state index is 0.151. The van der Waals surface area contributed by atoms with E-state index in [0.29, 0.717) is 6.42 Å². The smallest absolute Gasteiger partial charge is 0.212 e. The Morgan fingerprint density at radius 1 is 1.31 bits per heavy atom. The second kappa shape index (κ2) is 8.02. The Kier molecular flexibility index (Phi) is 7.65. The predicted molar refractivity (Wildman–Crippen MR) is 54.1 cm³/mol. The molecule has 1 radical (unpaired) electrons. The van der Waals surface area contributed by atoms with Crippen LogP contribution in [0.2, 0.25) is 0 Å². The van der Waals surface area contributed by atoms with Crippen molar-refractivity contribution < 1.29 is 4.92 Å². The molecule has 0 bridgehead atoms. The highest BCUT2D eigenvalue weighted by atomic mass is 16.6. The van der Waals surface area contributed by atoms with Crippen LogP contribution in [0, 0.1) is 17.0 Å². The number of unbranched alkanes of at least 4 members (excludes halogenated alkanes) is 4. The highest BCUT2D eigenvalue weighted by Crippen LogP contribution is 2.10. The molecule has 0 N–H and O–H groups in total. The molecule has 0 saturated carbocycles. The molecule has 0 aliphatic carbocycles. The Balaban J connectivity index is 3.33. The highest BCUT2D eigenvalue weighted by molar-refractivity contribution is 4.55. The van der Waals surface area contributed by atoms with E-state index < -0.39 is 0 Å². The summed E-state index contributed by atoms with van der Waals surface area (Å²) in [5.74, 6) is 0. The molecule has 1 atom stereocenters. The quantitative estimate of drug-likeness (QED) is 0.332. The molecule has 0 aliphatic rings. The largest absolute Gasteiger partial charge is 0.264 e. The van der Waals surface area contributed by atoms with Gasteiger partial charge < -0.3 is 0 Å². The summed E-state index contributed by atoms with van der Waals surface area (Å²) in [4.78, 5) is 10.3. The number of nitrogens with zero attached hydrogens (tertiary/aromatic N) is 1. The van der Waals surface area contributed by atoms with Crippen LogP contribution >= 0.6 is 0 Å². The molecule has 0 saturated heterocycles. The predicted octanol–water partition coefficient (Wildman–Crippen LogP) is 3.22. The zero-order valence-corrected chi connectivity index (χ0v) is 8.50. The Morgan fingerprint density at radius 3 is 2.38 bits per heavy atom. The molecule has 77 valence electrons. The average molecular weight is 186 g/mol. The van der Waals surface area contributed by atoms with Crippen molar-refractivity contribution in [3.8, 4) is 0 Å². The van der Waals surface area contributed by atoms with Gasteiger partial charge in [0, 0.05) is 17.8 Å². The Labute approximate surface area is 80.7 Å². The highest BCUT2D eigenvalue weighted by Gasteiger charge is 2.15. The first-order chi connectivity index (χ1) is 6.22. The number of rotatable bonds is 8. The first-order valence-corrected chi connectivity index (χ1v) is 5.15. The van der Waals surface area contributed by atoms with Gasteiger partial charge in [0.15, 0.2) is 0 Å². The molecular weight excluding hydrogens is 166 g/mol. The monoisotopic (exact) mass is 186 g/mol. The molecule has 0 aromatic carbocycles. The van der Waals surface area contributed by atoms with Crippen LogP contribution < -0.4 is 0 Å². The van der Waals surface area contributed by atoms with E-state index in [0.717, 1.165) is 38.5 Å². The van der Waals surface area contributed by atoms with Gasteiger partial charge in [-0.15, -0.1) is 0 Å². The SMILES string of the molecule is [CH2]CCCCCCC(CC)[N+](=O)[O-]. The van der Waals surface area contributed by atoms with Gasteiger partial charge in [-0.1, -0.05) is 39.5 Å². The average Bonchev–Trinajstić information content (AvgIpc) is 2.10. The maximum Gasteiger partial charge on any atom is 0.212 e. The van der Waals surface area contributed by atoms with E-state index in [-0.39, 0.29) is 11.0 Å². The standard InChI is InChI=1S/C10H20NO2/c1-3-5-6-7-8-9-10(4-2)11(12)13/h10H,1,3-9H2,2H3. The van der Waals surface area contributed by atoms with Crippen molar-refractivity contribution in [1.82, 2.24) is 0 Å². The molecule has 0 aliphatic heterocycles. The van der Waals surface area contributed by atoms with Gasteiger partial charge in [-0.05, 0) is 6.42 Å². The second-order valence-electron chi connectivity index (χ2n) is 3.40. The topological polar surface area (TPSA) is 43.1 Å². The number of hydrogen-bond donors (Lipinski definition) is 0.